The van der Waals surface area contributed by atoms with Crippen molar-refractivity contribution < 1.29 is 14.3 Å². The van der Waals surface area contributed by atoms with Crippen molar-refractivity contribution in [2.45, 2.75) is 31.8 Å². The highest BCUT2D eigenvalue weighted by atomic mass is 19.1. The summed E-state index contributed by atoms with van der Waals surface area (Å²) in [6.45, 7) is 1.65. The van der Waals surface area contributed by atoms with E-state index in [1.54, 1.807) is 18.2 Å². The van der Waals surface area contributed by atoms with Gasteiger partial charge in [0.15, 0.2) is 0 Å². The van der Waals surface area contributed by atoms with Crippen molar-refractivity contribution in [3.63, 3.8) is 0 Å². The highest BCUT2D eigenvalue weighted by Crippen LogP contribution is 2.28. The van der Waals surface area contributed by atoms with Gasteiger partial charge in [-0.25, -0.2) is 9.18 Å². The molecular formula is C19H20FNO2. The van der Waals surface area contributed by atoms with Gasteiger partial charge in [0.1, 0.15) is 5.82 Å². The van der Waals surface area contributed by atoms with Crippen LogP contribution in [0.15, 0.2) is 48.5 Å². The first-order chi connectivity index (χ1) is 11.1. The molecule has 0 saturated heterocycles. The SMILES string of the molecule is O=C(O)c1cccc(CN(CCc2ccc(F)cc2)C2CC2)c1. The molecule has 0 atom stereocenters. The fraction of sp³-hybridized carbons (Fsp3) is 0.316. The van der Waals surface area contributed by atoms with Gasteiger partial charge in [0, 0.05) is 19.1 Å². The van der Waals surface area contributed by atoms with Gasteiger partial charge in [-0.2, -0.15) is 0 Å². The second kappa shape index (κ2) is 6.92. The van der Waals surface area contributed by atoms with E-state index in [0.717, 1.165) is 30.6 Å². The van der Waals surface area contributed by atoms with Gasteiger partial charge < -0.3 is 5.11 Å². The van der Waals surface area contributed by atoms with Crippen LogP contribution in [-0.4, -0.2) is 28.6 Å². The van der Waals surface area contributed by atoms with E-state index >= 15 is 0 Å². The summed E-state index contributed by atoms with van der Waals surface area (Å²) in [7, 11) is 0. The molecule has 23 heavy (non-hydrogen) atoms. The summed E-state index contributed by atoms with van der Waals surface area (Å²) in [6.07, 6.45) is 3.26. The molecule has 4 heteroatoms. The fourth-order valence-electron chi connectivity index (χ4n) is 2.79. The molecule has 1 N–H and O–H groups in total. The Kier molecular flexibility index (Phi) is 4.72. The summed E-state index contributed by atoms with van der Waals surface area (Å²) in [5, 5.41) is 9.10. The maximum absolute atomic E-state index is 13.0. The van der Waals surface area contributed by atoms with Crippen molar-refractivity contribution in [3.05, 3.63) is 71.0 Å². The Labute approximate surface area is 135 Å². The average molecular weight is 313 g/mol. The summed E-state index contributed by atoms with van der Waals surface area (Å²) in [5.74, 6) is -1.10. The molecule has 2 aromatic rings. The molecule has 0 heterocycles. The van der Waals surface area contributed by atoms with Crippen LogP contribution in [0.3, 0.4) is 0 Å². The first kappa shape index (κ1) is 15.7. The van der Waals surface area contributed by atoms with Crippen LogP contribution in [0.25, 0.3) is 0 Å². The minimum atomic E-state index is -0.892. The van der Waals surface area contributed by atoms with Crippen LogP contribution in [0.4, 0.5) is 4.39 Å². The summed E-state index contributed by atoms with van der Waals surface area (Å²) in [6, 6.07) is 14.4. The van der Waals surface area contributed by atoms with Crippen molar-refractivity contribution in [2.24, 2.45) is 0 Å². The maximum Gasteiger partial charge on any atom is 0.335 e. The van der Waals surface area contributed by atoms with E-state index in [1.165, 1.54) is 25.0 Å². The lowest BCUT2D eigenvalue weighted by molar-refractivity contribution is 0.0696. The van der Waals surface area contributed by atoms with E-state index < -0.39 is 5.97 Å². The van der Waals surface area contributed by atoms with E-state index in [-0.39, 0.29) is 5.82 Å². The van der Waals surface area contributed by atoms with Gasteiger partial charge >= 0.3 is 5.97 Å². The number of carbonyl (C=O) groups is 1. The topological polar surface area (TPSA) is 40.5 Å². The molecule has 1 aliphatic rings. The monoisotopic (exact) mass is 313 g/mol. The number of benzene rings is 2. The molecule has 3 rings (SSSR count). The Morgan fingerprint density at radius 1 is 1.13 bits per heavy atom. The first-order valence-electron chi connectivity index (χ1n) is 7.92. The van der Waals surface area contributed by atoms with E-state index in [0.29, 0.717) is 11.6 Å². The van der Waals surface area contributed by atoms with Gasteiger partial charge in [-0.05, 0) is 54.7 Å². The van der Waals surface area contributed by atoms with Crippen molar-refractivity contribution in [2.75, 3.05) is 6.54 Å². The lowest BCUT2D eigenvalue weighted by Crippen LogP contribution is -2.28. The van der Waals surface area contributed by atoms with Crippen LogP contribution in [0, 0.1) is 5.82 Å². The molecular weight excluding hydrogens is 293 g/mol. The largest absolute Gasteiger partial charge is 0.478 e. The van der Waals surface area contributed by atoms with E-state index in [2.05, 4.69) is 4.90 Å². The predicted molar refractivity (Wildman–Crippen MR) is 86.9 cm³/mol. The number of halogens is 1. The van der Waals surface area contributed by atoms with Gasteiger partial charge in [0.05, 0.1) is 5.56 Å². The Bertz CT molecular complexity index is 680. The number of carboxylic acid groups (broad SMARTS) is 1. The first-order valence-corrected chi connectivity index (χ1v) is 7.92. The third-order valence-corrected chi connectivity index (χ3v) is 4.22. The number of nitrogens with zero attached hydrogens (tertiary/aromatic N) is 1. The summed E-state index contributed by atoms with van der Waals surface area (Å²) < 4.78 is 13.0. The number of aromatic carboxylic acids is 1. The lowest BCUT2D eigenvalue weighted by atomic mass is 10.1. The molecule has 0 aromatic heterocycles. The van der Waals surface area contributed by atoms with E-state index in [9.17, 15) is 9.18 Å². The predicted octanol–water partition coefficient (Wildman–Crippen LogP) is 3.73. The minimum Gasteiger partial charge on any atom is -0.478 e. The zero-order valence-electron chi connectivity index (χ0n) is 12.9. The molecule has 0 aliphatic heterocycles. The highest BCUT2D eigenvalue weighted by Gasteiger charge is 2.28. The Morgan fingerprint density at radius 3 is 2.52 bits per heavy atom. The standard InChI is InChI=1S/C19H20FNO2/c20-17-6-4-14(5-7-17)10-11-21(18-8-9-18)13-15-2-1-3-16(12-15)19(22)23/h1-7,12,18H,8-11,13H2,(H,22,23). The summed E-state index contributed by atoms with van der Waals surface area (Å²) in [4.78, 5) is 13.5. The molecule has 2 aromatic carbocycles. The molecule has 3 nitrogen and oxygen atoms in total. The van der Waals surface area contributed by atoms with Crippen molar-refractivity contribution >= 4 is 5.97 Å². The smallest absolute Gasteiger partial charge is 0.335 e. The van der Waals surface area contributed by atoms with Crippen LogP contribution >= 0.6 is 0 Å². The summed E-state index contributed by atoms with van der Waals surface area (Å²) in [5.41, 5.74) is 2.48. The third-order valence-electron chi connectivity index (χ3n) is 4.22. The molecule has 1 fully saturated rings. The Morgan fingerprint density at radius 2 is 1.87 bits per heavy atom. The molecule has 1 saturated carbocycles. The number of hydrogen-bond acceptors (Lipinski definition) is 2. The average Bonchev–Trinajstić information content (AvgIpc) is 3.38. The Balaban J connectivity index is 1.64. The van der Waals surface area contributed by atoms with Crippen molar-refractivity contribution in [1.82, 2.24) is 4.90 Å². The van der Waals surface area contributed by atoms with Gasteiger partial charge in [0.2, 0.25) is 0 Å². The Hall–Kier alpha value is -2.20. The zero-order valence-corrected chi connectivity index (χ0v) is 12.9. The second-order valence-corrected chi connectivity index (χ2v) is 6.08. The summed E-state index contributed by atoms with van der Waals surface area (Å²) >= 11 is 0. The second-order valence-electron chi connectivity index (χ2n) is 6.08. The van der Waals surface area contributed by atoms with Crippen LogP contribution < -0.4 is 0 Å². The molecule has 0 bridgehead atoms. The maximum atomic E-state index is 13.0. The zero-order chi connectivity index (χ0) is 16.2. The fourth-order valence-corrected chi connectivity index (χ4v) is 2.79. The van der Waals surface area contributed by atoms with Crippen LogP contribution in [-0.2, 0) is 13.0 Å². The third kappa shape index (κ3) is 4.39. The number of hydrogen-bond donors (Lipinski definition) is 1. The number of rotatable bonds is 7. The molecule has 1 aliphatic carbocycles. The molecule has 120 valence electrons. The quantitative estimate of drug-likeness (QED) is 0.846. The van der Waals surface area contributed by atoms with Crippen LogP contribution in [0.2, 0.25) is 0 Å². The van der Waals surface area contributed by atoms with Gasteiger partial charge in [-0.3, -0.25) is 4.90 Å². The van der Waals surface area contributed by atoms with Crippen molar-refractivity contribution in [1.29, 1.82) is 0 Å². The van der Waals surface area contributed by atoms with Crippen molar-refractivity contribution in [3.8, 4) is 0 Å². The van der Waals surface area contributed by atoms with E-state index in [4.69, 9.17) is 5.11 Å². The van der Waals surface area contributed by atoms with Gasteiger partial charge in [-0.15, -0.1) is 0 Å². The van der Waals surface area contributed by atoms with E-state index in [1.807, 2.05) is 18.2 Å². The highest BCUT2D eigenvalue weighted by molar-refractivity contribution is 5.87. The van der Waals surface area contributed by atoms with Crippen LogP contribution in [0.1, 0.15) is 34.3 Å². The normalized spacial score (nSPS) is 14.2. The molecule has 0 radical (unpaired) electrons. The van der Waals surface area contributed by atoms with Gasteiger partial charge in [0.25, 0.3) is 0 Å². The van der Waals surface area contributed by atoms with Crippen LogP contribution in [0.5, 0.6) is 0 Å². The molecule has 0 spiro atoms. The number of carboxylic acids is 1. The molecule has 0 amide bonds. The lowest BCUT2D eigenvalue weighted by Gasteiger charge is -2.22. The molecule has 0 unspecified atom stereocenters. The van der Waals surface area contributed by atoms with Gasteiger partial charge in [-0.1, -0.05) is 24.3 Å². The minimum absolute atomic E-state index is 0.210.